The van der Waals surface area contributed by atoms with Crippen LogP contribution < -0.4 is 10.6 Å². The lowest BCUT2D eigenvalue weighted by Gasteiger charge is -2.08. The van der Waals surface area contributed by atoms with E-state index < -0.39 is 0 Å². The van der Waals surface area contributed by atoms with E-state index in [1.165, 1.54) is 0 Å². The maximum atomic E-state index is 12.3. The largest absolute Gasteiger partial charge is 0.383 e. The number of carbonyl (C=O) groups is 2. The topological polar surface area (TPSA) is 80.3 Å². The molecule has 0 bridgehead atoms. The summed E-state index contributed by atoms with van der Waals surface area (Å²) in [5.74, 6) is -0.696. The van der Waals surface area contributed by atoms with Crippen LogP contribution in [-0.2, 0) is 4.74 Å². The molecule has 6 heteroatoms. The van der Waals surface area contributed by atoms with Gasteiger partial charge in [0.05, 0.1) is 6.61 Å². The highest BCUT2D eigenvalue weighted by Crippen LogP contribution is 2.14. The first-order valence-corrected chi connectivity index (χ1v) is 7.23. The van der Waals surface area contributed by atoms with Crippen LogP contribution in [-0.4, -0.2) is 37.1 Å². The molecule has 0 saturated heterocycles. The Morgan fingerprint density at radius 3 is 2.43 bits per heavy atom. The number of rotatable bonds is 6. The molecule has 0 aliphatic heterocycles. The monoisotopic (exact) mass is 313 g/mol. The van der Waals surface area contributed by atoms with E-state index in [1.54, 1.807) is 25.3 Å². The zero-order valence-electron chi connectivity index (χ0n) is 13.1. The molecule has 2 N–H and O–H groups in total. The Labute approximate surface area is 134 Å². The number of anilines is 1. The second kappa shape index (κ2) is 8.05. The zero-order valence-corrected chi connectivity index (χ0v) is 13.1. The van der Waals surface area contributed by atoms with Gasteiger partial charge in [0.1, 0.15) is 11.4 Å². The van der Waals surface area contributed by atoms with Gasteiger partial charge in [0.25, 0.3) is 11.8 Å². The Morgan fingerprint density at radius 1 is 1.04 bits per heavy atom. The van der Waals surface area contributed by atoms with Crippen LogP contribution in [0.15, 0.2) is 42.5 Å². The van der Waals surface area contributed by atoms with Crippen LogP contribution in [0.4, 0.5) is 5.69 Å². The van der Waals surface area contributed by atoms with E-state index in [0.717, 1.165) is 5.56 Å². The third kappa shape index (κ3) is 4.62. The Balaban J connectivity index is 2.08. The molecule has 6 nitrogen and oxygen atoms in total. The van der Waals surface area contributed by atoms with Crippen molar-refractivity contribution in [2.24, 2.45) is 0 Å². The Hall–Kier alpha value is -2.73. The molecule has 1 aromatic carbocycles. The number of nitrogens with zero attached hydrogens (tertiary/aromatic N) is 1. The van der Waals surface area contributed by atoms with Gasteiger partial charge in [0, 0.05) is 19.3 Å². The number of aromatic nitrogens is 1. The zero-order chi connectivity index (χ0) is 16.7. The van der Waals surface area contributed by atoms with Crippen molar-refractivity contribution in [3.05, 3.63) is 59.4 Å². The third-order valence-electron chi connectivity index (χ3n) is 3.20. The predicted molar refractivity (Wildman–Crippen MR) is 87.6 cm³/mol. The summed E-state index contributed by atoms with van der Waals surface area (Å²) in [6.45, 7) is 2.71. The number of amides is 2. The van der Waals surface area contributed by atoms with Gasteiger partial charge < -0.3 is 15.4 Å². The van der Waals surface area contributed by atoms with Gasteiger partial charge in [-0.05, 0) is 30.7 Å². The SMILES string of the molecule is COCCNC(=O)c1cccc(C(=O)Nc2ccccc2C)n1. The molecule has 0 saturated carbocycles. The molecule has 2 aromatic rings. The van der Waals surface area contributed by atoms with Crippen LogP contribution in [0.1, 0.15) is 26.5 Å². The van der Waals surface area contributed by atoms with Crippen molar-refractivity contribution in [3.8, 4) is 0 Å². The number of pyridine rings is 1. The number of para-hydroxylation sites is 1. The van der Waals surface area contributed by atoms with Crippen molar-refractivity contribution < 1.29 is 14.3 Å². The standard InChI is InChI=1S/C17H19N3O3/c1-12-6-3-4-7-13(12)20-17(22)15-9-5-8-14(19-15)16(21)18-10-11-23-2/h3-9H,10-11H2,1-2H3,(H,18,21)(H,20,22). The second-order valence-corrected chi connectivity index (χ2v) is 4.93. The summed E-state index contributed by atoms with van der Waals surface area (Å²) in [4.78, 5) is 28.3. The number of nitrogens with one attached hydrogen (secondary N) is 2. The number of hydrogen-bond donors (Lipinski definition) is 2. The molecule has 0 aliphatic carbocycles. The first-order chi connectivity index (χ1) is 11.1. The van der Waals surface area contributed by atoms with Crippen molar-refractivity contribution >= 4 is 17.5 Å². The van der Waals surface area contributed by atoms with Gasteiger partial charge >= 0.3 is 0 Å². The molecular weight excluding hydrogens is 294 g/mol. The fourth-order valence-electron chi connectivity index (χ4n) is 1.94. The van der Waals surface area contributed by atoms with Crippen molar-refractivity contribution in [1.82, 2.24) is 10.3 Å². The van der Waals surface area contributed by atoms with Crippen molar-refractivity contribution in [3.63, 3.8) is 0 Å². The molecule has 0 fully saturated rings. The van der Waals surface area contributed by atoms with Crippen LogP contribution in [0.25, 0.3) is 0 Å². The quantitative estimate of drug-likeness (QED) is 0.800. The van der Waals surface area contributed by atoms with Crippen LogP contribution in [0.3, 0.4) is 0 Å². The molecule has 0 spiro atoms. The van der Waals surface area contributed by atoms with Gasteiger partial charge in [-0.25, -0.2) is 4.98 Å². The van der Waals surface area contributed by atoms with E-state index in [4.69, 9.17) is 4.74 Å². The molecule has 2 amide bonds. The summed E-state index contributed by atoms with van der Waals surface area (Å²) in [7, 11) is 1.56. The Bertz CT molecular complexity index is 701. The Morgan fingerprint density at radius 2 is 1.74 bits per heavy atom. The highest BCUT2D eigenvalue weighted by atomic mass is 16.5. The minimum Gasteiger partial charge on any atom is -0.383 e. The lowest BCUT2D eigenvalue weighted by atomic mass is 10.2. The summed E-state index contributed by atoms with van der Waals surface area (Å²) < 4.78 is 4.87. The van der Waals surface area contributed by atoms with Crippen LogP contribution in [0, 0.1) is 6.92 Å². The predicted octanol–water partition coefficient (Wildman–Crippen LogP) is 2.02. The number of ether oxygens (including phenoxy) is 1. The highest BCUT2D eigenvalue weighted by molar-refractivity contribution is 6.04. The number of methoxy groups -OCH3 is 1. The summed E-state index contributed by atoms with van der Waals surface area (Å²) >= 11 is 0. The molecule has 1 aromatic heterocycles. The van der Waals surface area contributed by atoms with E-state index in [0.29, 0.717) is 18.8 Å². The number of hydrogen-bond acceptors (Lipinski definition) is 4. The smallest absolute Gasteiger partial charge is 0.274 e. The second-order valence-electron chi connectivity index (χ2n) is 4.93. The van der Waals surface area contributed by atoms with Crippen molar-refractivity contribution in [2.75, 3.05) is 25.6 Å². The fraction of sp³-hybridized carbons (Fsp3) is 0.235. The molecule has 1 heterocycles. The van der Waals surface area contributed by atoms with Crippen molar-refractivity contribution in [2.45, 2.75) is 6.92 Å². The number of benzene rings is 1. The van der Waals surface area contributed by atoms with E-state index in [2.05, 4.69) is 15.6 Å². The maximum Gasteiger partial charge on any atom is 0.274 e. The van der Waals surface area contributed by atoms with Gasteiger partial charge in [0.15, 0.2) is 0 Å². The van der Waals surface area contributed by atoms with Gasteiger partial charge in [0.2, 0.25) is 0 Å². The molecule has 0 aliphatic rings. The van der Waals surface area contributed by atoms with E-state index in [-0.39, 0.29) is 23.2 Å². The molecule has 2 rings (SSSR count). The molecule has 0 atom stereocenters. The molecule has 0 radical (unpaired) electrons. The van der Waals surface area contributed by atoms with Gasteiger partial charge in [-0.1, -0.05) is 24.3 Å². The summed E-state index contributed by atoms with van der Waals surface area (Å²) in [6.07, 6.45) is 0. The first kappa shape index (κ1) is 16.6. The molecule has 23 heavy (non-hydrogen) atoms. The summed E-state index contributed by atoms with van der Waals surface area (Å²) in [5.41, 5.74) is 2.05. The first-order valence-electron chi connectivity index (χ1n) is 7.23. The van der Waals surface area contributed by atoms with Crippen LogP contribution in [0.2, 0.25) is 0 Å². The van der Waals surface area contributed by atoms with Gasteiger partial charge in [-0.3, -0.25) is 9.59 Å². The normalized spacial score (nSPS) is 10.2. The van der Waals surface area contributed by atoms with Crippen LogP contribution in [0.5, 0.6) is 0 Å². The highest BCUT2D eigenvalue weighted by Gasteiger charge is 2.12. The average molecular weight is 313 g/mol. The lowest BCUT2D eigenvalue weighted by Crippen LogP contribution is -2.28. The molecule has 120 valence electrons. The van der Waals surface area contributed by atoms with Gasteiger partial charge in [-0.2, -0.15) is 0 Å². The average Bonchev–Trinajstić information content (AvgIpc) is 2.57. The van der Waals surface area contributed by atoms with E-state index in [9.17, 15) is 9.59 Å². The molecular formula is C17H19N3O3. The van der Waals surface area contributed by atoms with E-state index in [1.807, 2.05) is 31.2 Å². The Kier molecular flexibility index (Phi) is 5.82. The van der Waals surface area contributed by atoms with Gasteiger partial charge in [-0.15, -0.1) is 0 Å². The minimum atomic E-state index is -0.356. The van der Waals surface area contributed by atoms with Crippen LogP contribution >= 0.6 is 0 Å². The lowest BCUT2D eigenvalue weighted by molar-refractivity contribution is 0.0932. The summed E-state index contributed by atoms with van der Waals surface area (Å²) in [5, 5.41) is 5.46. The summed E-state index contributed by atoms with van der Waals surface area (Å²) in [6, 6.07) is 12.2. The maximum absolute atomic E-state index is 12.3. The van der Waals surface area contributed by atoms with E-state index >= 15 is 0 Å². The fourth-order valence-corrected chi connectivity index (χ4v) is 1.94. The number of carbonyl (C=O) groups excluding carboxylic acids is 2. The molecule has 0 unspecified atom stereocenters. The number of aryl methyl sites for hydroxylation is 1. The van der Waals surface area contributed by atoms with Crippen molar-refractivity contribution in [1.29, 1.82) is 0 Å². The third-order valence-corrected chi connectivity index (χ3v) is 3.20. The minimum absolute atomic E-state index is 0.188.